The first-order chi connectivity index (χ1) is 11.8. The molecule has 0 bridgehead atoms. The van der Waals surface area contributed by atoms with E-state index in [2.05, 4.69) is 43.3 Å². The lowest BCUT2D eigenvalue weighted by molar-refractivity contribution is 0.149. The zero-order valence-corrected chi connectivity index (χ0v) is 13.7. The minimum absolute atomic E-state index is 0.436. The Kier molecular flexibility index (Phi) is 5.05. The van der Waals surface area contributed by atoms with Gasteiger partial charge in [0.15, 0.2) is 0 Å². The summed E-state index contributed by atoms with van der Waals surface area (Å²) in [7, 11) is 0. The fourth-order valence-electron chi connectivity index (χ4n) is 2.61. The van der Waals surface area contributed by atoms with Crippen LogP contribution in [0, 0.1) is 18.3 Å². The number of benzene rings is 3. The van der Waals surface area contributed by atoms with Crippen LogP contribution in [0.15, 0.2) is 66.7 Å². The highest BCUT2D eigenvalue weighted by molar-refractivity contribution is 5.84. The van der Waals surface area contributed by atoms with Crippen LogP contribution in [-0.2, 0) is 11.3 Å². The maximum Gasteiger partial charge on any atom is 0.0995 e. The molecule has 24 heavy (non-hydrogen) atoms. The molecule has 3 rings (SSSR count). The van der Waals surface area contributed by atoms with Crippen LogP contribution >= 0.6 is 0 Å². The molecule has 0 radical (unpaired) electrons. The van der Waals surface area contributed by atoms with Crippen molar-refractivity contribution >= 4 is 16.8 Å². The third kappa shape index (κ3) is 3.90. The number of hydrogen-bond acceptors (Lipinski definition) is 2. The van der Waals surface area contributed by atoms with Crippen LogP contribution < -0.4 is 0 Å². The molecule has 3 aromatic rings. The summed E-state index contributed by atoms with van der Waals surface area (Å²) in [5.74, 6) is 0. The van der Waals surface area contributed by atoms with Gasteiger partial charge in [-0.05, 0) is 41.0 Å². The van der Waals surface area contributed by atoms with Gasteiger partial charge in [0.2, 0.25) is 0 Å². The summed E-state index contributed by atoms with van der Waals surface area (Å²) in [6.45, 7) is 3.03. The van der Waals surface area contributed by atoms with Crippen molar-refractivity contribution in [1.29, 1.82) is 5.26 Å². The Labute approximate surface area is 142 Å². The molecule has 0 fully saturated rings. The summed E-state index contributed by atoms with van der Waals surface area (Å²) < 4.78 is 5.72. The Bertz CT molecular complexity index is 901. The molecular weight excluding hydrogens is 294 g/mol. The van der Waals surface area contributed by atoms with E-state index in [-0.39, 0.29) is 0 Å². The number of hydrogen-bond donors (Lipinski definition) is 0. The molecule has 2 heteroatoms. The van der Waals surface area contributed by atoms with E-state index in [0.717, 1.165) is 21.9 Å². The molecule has 0 saturated heterocycles. The molecule has 0 N–H and O–H groups in total. The zero-order chi connectivity index (χ0) is 16.8. The number of nitrogens with zero attached hydrogens (tertiary/aromatic N) is 1. The average Bonchev–Trinajstić information content (AvgIpc) is 2.62. The molecule has 0 amide bonds. The van der Waals surface area contributed by atoms with Crippen molar-refractivity contribution < 1.29 is 4.74 Å². The number of rotatable bonds is 5. The van der Waals surface area contributed by atoms with Gasteiger partial charge in [0.05, 0.1) is 24.8 Å². The second kappa shape index (κ2) is 7.59. The molecule has 0 atom stereocenters. The van der Waals surface area contributed by atoms with E-state index in [4.69, 9.17) is 4.74 Å². The molecule has 0 aromatic heterocycles. The second-order valence-corrected chi connectivity index (χ2v) is 5.80. The fourth-order valence-corrected chi connectivity index (χ4v) is 2.61. The minimum atomic E-state index is 0.436. The molecule has 0 aliphatic carbocycles. The Morgan fingerprint density at radius 2 is 1.71 bits per heavy atom. The normalized spacial score (nSPS) is 11.0. The molecule has 118 valence electrons. The van der Waals surface area contributed by atoms with Crippen LogP contribution in [0.2, 0.25) is 0 Å². The number of aryl methyl sites for hydroxylation is 1. The summed E-state index contributed by atoms with van der Waals surface area (Å²) in [5, 5.41) is 11.5. The molecule has 0 saturated carbocycles. The first kappa shape index (κ1) is 16.0. The highest BCUT2D eigenvalue weighted by atomic mass is 16.5. The van der Waals surface area contributed by atoms with E-state index in [0.29, 0.717) is 18.8 Å². The van der Waals surface area contributed by atoms with Crippen LogP contribution in [0.1, 0.15) is 22.3 Å². The van der Waals surface area contributed by atoms with E-state index < -0.39 is 0 Å². The van der Waals surface area contributed by atoms with Crippen molar-refractivity contribution in [3.63, 3.8) is 0 Å². The lowest BCUT2D eigenvalue weighted by atomic mass is 10.0. The molecule has 0 spiro atoms. The Hall–Kier alpha value is -2.89. The molecule has 0 unspecified atom stereocenters. The SMILES string of the molecule is Cc1ccc(/C=C/COCc2cc3ccccc3cc2C#N)cc1. The predicted molar refractivity (Wildman–Crippen MR) is 98.5 cm³/mol. The first-order valence-electron chi connectivity index (χ1n) is 7.99. The van der Waals surface area contributed by atoms with E-state index in [1.54, 1.807) is 0 Å². The topological polar surface area (TPSA) is 33.0 Å². The van der Waals surface area contributed by atoms with Gasteiger partial charge in [-0.2, -0.15) is 5.26 Å². The first-order valence-corrected chi connectivity index (χ1v) is 7.99. The number of nitriles is 1. The van der Waals surface area contributed by atoms with Crippen LogP contribution in [0.25, 0.3) is 16.8 Å². The van der Waals surface area contributed by atoms with Crippen molar-refractivity contribution in [1.82, 2.24) is 0 Å². The Morgan fingerprint density at radius 1 is 1.00 bits per heavy atom. The van der Waals surface area contributed by atoms with Crippen LogP contribution in [0.3, 0.4) is 0 Å². The summed E-state index contributed by atoms with van der Waals surface area (Å²) in [6.07, 6.45) is 4.04. The van der Waals surface area contributed by atoms with E-state index >= 15 is 0 Å². The van der Waals surface area contributed by atoms with Gasteiger partial charge in [0.1, 0.15) is 0 Å². The van der Waals surface area contributed by atoms with Gasteiger partial charge in [0, 0.05) is 0 Å². The van der Waals surface area contributed by atoms with Crippen molar-refractivity contribution in [3.8, 4) is 6.07 Å². The molecule has 0 aliphatic rings. The summed E-state index contributed by atoms with van der Waals surface area (Å²) in [5.41, 5.74) is 4.02. The van der Waals surface area contributed by atoms with Gasteiger partial charge in [-0.3, -0.25) is 0 Å². The zero-order valence-electron chi connectivity index (χ0n) is 13.7. The smallest absolute Gasteiger partial charge is 0.0995 e. The third-order valence-corrected chi connectivity index (χ3v) is 3.95. The van der Waals surface area contributed by atoms with Gasteiger partial charge in [0.25, 0.3) is 0 Å². The molecule has 2 nitrogen and oxygen atoms in total. The van der Waals surface area contributed by atoms with Gasteiger partial charge in [-0.15, -0.1) is 0 Å². The molecular formula is C22H19NO. The van der Waals surface area contributed by atoms with Gasteiger partial charge in [-0.1, -0.05) is 66.2 Å². The van der Waals surface area contributed by atoms with Crippen molar-refractivity contribution in [2.45, 2.75) is 13.5 Å². The molecule has 0 heterocycles. The fraction of sp³-hybridized carbons (Fsp3) is 0.136. The lowest BCUT2D eigenvalue weighted by Gasteiger charge is -2.07. The predicted octanol–water partition coefficient (Wildman–Crippen LogP) is 5.25. The van der Waals surface area contributed by atoms with E-state index in [9.17, 15) is 5.26 Å². The summed E-state index contributed by atoms with van der Waals surface area (Å²) in [4.78, 5) is 0. The summed E-state index contributed by atoms with van der Waals surface area (Å²) >= 11 is 0. The number of ether oxygens (including phenoxy) is 1. The quantitative estimate of drug-likeness (QED) is 0.603. The van der Waals surface area contributed by atoms with E-state index in [1.165, 1.54) is 5.56 Å². The molecule has 0 aliphatic heterocycles. The van der Waals surface area contributed by atoms with Crippen molar-refractivity contribution in [3.05, 3.63) is 89.0 Å². The van der Waals surface area contributed by atoms with Crippen molar-refractivity contribution in [2.24, 2.45) is 0 Å². The molecule has 3 aromatic carbocycles. The standard InChI is InChI=1S/C22H19NO/c1-17-8-10-18(11-9-17)5-4-12-24-16-22-14-20-7-3-2-6-19(20)13-21(22)15-23/h2-11,13-14H,12,16H2,1H3/b5-4+. The third-order valence-electron chi connectivity index (χ3n) is 3.95. The number of fused-ring (bicyclic) bond motifs is 1. The average molecular weight is 313 g/mol. The lowest BCUT2D eigenvalue weighted by Crippen LogP contribution is -1.96. The largest absolute Gasteiger partial charge is 0.373 e. The minimum Gasteiger partial charge on any atom is -0.373 e. The highest BCUT2D eigenvalue weighted by Crippen LogP contribution is 2.20. The Balaban J connectivity index is 1.63. The van der Waals surface area contributed by atoms with Crippen LogP contribution in [-0.4, -0.2) is 6.61 Å². The van der Waals surface area contributed by atoms with Crippen LogP contribution in [0.4, 0.5) is 0 Å². The second-order valence-electron chi connectivity index (χ2n) is 5.80. The van der Waals surface area contributed by atoms with Gasteiger partial charge >= 0.3 is 0 Å². The monoisotopic (exact) mass is 313 g/mol. The van der Waals surface area contributed by atoms with Gasteiger partial charge in [-0.25, -0.2) is 0 Å². The Morgan fingerprint density at radius 3 is 2.42 bits per heavy atom. The van der Waals surface area contributed by atoms with Crippen molar-refractivity contribution in [2.75, 3.05) is 6.61 Å². The van der Waals surface area contributed by atoms with Crippen LogP contribution in [0.5, 0.6) is 0 Å². The van der Waals surface area contributed by atoms with E-state index in [1.807, 2.05) is 42.5 Å². The highest BCUT2D eigenvalue weighted by Gasteiger charge is 2.04. The van der Waals surface area contributed by atoms with Gasteiger partial charge < -0.3 is 4.74 Å². The maximum atomic E-state index is 9.33. The summed E-state index contributed by atoms with van der Waals surface area (Å²) in [6, 6.07) is 22.6. The maximum absolute atomic E-state index is 9.33.